The molecule has 1 N–H and O–H groups in total. The maximum atomic E-state index is 13.4. The summed E-state index contributed by atoms with van der Waals surface area (Å²) in [5.41, 5.74) is 0.399. The van der Waals surface area contributed by atoms with E-state index >= 15 is 0 Å². The first-order chi connectivity index (χ1) is 15.4. The molecular formula is C23H25FN4O3S. The lowest BCUT2D eigenvalue weighted by molar-refractivity contribution is -0.115. The highest BCUT2D eigenvalue weighted by atomic mass is 32.2. The van der Waals surface area contributed by atoms with Gasteiger partial charge < -0.3 is 14.8 Å². The van der Waals surface area contributed by atoms with E-state index in [0.29, 0.717) is 34.7 Å². The molecule has 0 saturated carbocycles. The van der Waals surface area contributed by atoms with Gasteiger partial charge in [-0.05, 0) is 44.2 Å². The zero-order valence-corrected chi connectivity index (χ0v) is 18.9. The van der Waals surface area contributed by atoms with Crippen LogP contribution in [0.25, 0.3) is 0 Å². The summed E-state index contributed by atoms with van der Waals surface area (Å²) in [6, 6.07) is 13.1. The van der Waals surface area contributed by atoms with Crippen molar-refractivity contribution < 1.29 is 18.7 Å². The monoisotopic (exact) mass is 456 g/mol. The van der Waals surface area contributed by atoms with Crippen LogP contribution in [0.1, 0.15) is 25.8 Å². The van der Waals surface area contributed by atoms with Gasteiger partial charge in [0.2, 0.25) is 5.91 Å². The van der Waals surface area contributed by atoms with Crippen LogP contribution in [0.2, 0.25) is 0 Å². The molecule has 0 saturated heterocycles. The Bertz CT molecular complexity index is 1090. The van der Waals surface area contributed by atoms with Crippen LogP contribution >= 0.6 is 11.8 Å². The van der Waals surface area contributed by atoms with Gasteiger partial charge in [-0.2, -0.15) is 0 Å². The standard InChI is InChI=1S/C23H25FN4O3S/c1-5-12-28-21(15(2)31-20-11-7-10-19(14-20)30-4)26-27-23(28)32-16(3)22(29)25-18-9-6-8-17(24)13-18/h5-11,13-16H,1,12H2,2-4H3,(H,25,29). The summed E-state index contributed by atoms with van der Waals surface area (Å²) >= 11 is 1.25. The minimum Gasteiger partial charge on any atom is -0.497 e. The number of aromatic nitrogens is 3. The van der Waals surface area contributed by atoms with E-state index in [-0.39, 0.29) is 5.91 Å². The molecule has 0 aliphatic carbocycles. The lowest BCUT2D eigenvalue weighted by atomic mass is 10.3. The van der Waals surface area contributed by atoms with Crippen molar-refractivity contribution in [3.63, 3.8) is 0 Å². The molecule has 1 heterocycles. The number of amides is 1. The number of halogens is 1. The van der Waals surface area contributed by atoms with E-state index in [4.69, 9.17) is 9.47 Å². The highest BCUT2D eigenvalue weighted by Crippen LogP contribution is 2.28. The first-order valence-electron chi connectivity index (χ1n) is 9.99. The van der Waals surface area contributed by atoms with Gasteiger partial charge in [0.1, 0.15) is 17.3 Å². The molecule has 0 fully saturated rings. The number of anilines is 1. The van der Waals surface area contributed by atoms with Crippen LogP contribution in [0.5, 0.6) is 11.5 Å². The van der Waals surface area contributed by atoms with Crippen molar-refractivity contribution >= 4 is 23.4 Å². The van der Waals surface area contributed by atoms with Crippen molar-refractivity contribution in [3.8, 4) is 11.5 Å². The SMILES string of the molecule is C=CCn1c(SC(C)C(=O)Nc2cccc(F)c2)nnc1C(C)Oc1cccc(OC)c1. The Morgan fingerprint density at radius 3 is 2.69 bits per heavy atom. The average molecular weight is 457 g/mol. The van der Waals surface area contributed by atoms with E-state index in [2.05, 4.69) is 22.1 Å². The molecule has 2 aromatic carbocycles. The van der Waals surface area contributed by atoms with Gasteiger partial charge >= 0.3 is 0 Å². The van der Waals surface area contributed by atoms with Gasteiger partial charge in [0.05, 0.1) is 12.4 Å². The largest absolute Gasteiger partial charge is 0.497 e. The number of methoxy groups -OCH3 is 1. The van der Waals surface area contributed by atoms with Crippen molar-refractivity contribution in [2.75, 3.05) is 12.4 Å². The second-order valence-electron chi connectivity index (χ2n) is 6.94. The number of carbonyl (C=O) groups excluding carboxylic acids is 1. The molecule has 2 atom stereocenters. The van der Waals surface area contributed by atoms with Gasteiger partial charge in [0.25, 0.3) is 0 Å². The molecule has 0 aliphatic rings. The fourth-order valence-corrected chi connectivity index (χ4v) is 3.81. The molecule has 3 aromatic rings. The Morgan fingerprint density at radius 1 is 1.22 bits per heavy atom. The van der Waals surface area contributed by atoms with Crippen molar-refractivity contribution in [2.45, 2.75) is 36.9 Å². The maximum Gasteiger partial charge on any atom is 0.237 e. The predicted octanol–water partition coefficient (Wildman–Crippen LogP) is 4.87. The lowest BCUT2D eigenvalue weighted by Crippen LogP contribution is -2.23. The molecule has 0 radical (unpaired) electrons. The number of ether oxygens (including phenoxy) is 2. The molecule has 1 amide bonds. The van der Waals surface area contributed by atoms with E-state index in [0.717, 1.165) is 0 Å². The van der Waals surface area contributed by atoms with Gasteiger partial charge in [-0.25, -0.2) is 4.39 Å². The molecule has 9 heteroatoms. The molecular weight excluding hydrogens is 431 g/mol. The Hall–Kier alpha value is -3.33. The zero-order valence-electron chi connectivity index (χ0n) is 18.1. The normalized spacial score (nSPS) is 12.6. The number of allylic oxidation sites excluding steroid dienone is 1. The van der Waals surface area contributed by atoms with Crippen molar-refractivity contribution in [3.05, 3.63) is 72.8 Å². The van der Waals surface area contributed by atoms with E-state index in [1.165, 1.54) is 23.9 Å². The van der Waals surface area contributed by atoms with Crippen molar-refractivity contribution in [1.29, 1.82) is 0 Å². The average Bonchev–Trinajstić information content (AvgIpc) is 3.16. The van der Waals surface area contributed by atoms with E-state index in [1.54, 1.807) is 38.3 Å². The number of hydrogen-bond acceptors (Lipinski definition) is 6. The first-order valence-corrected chi connectivity index (χ1v) is 10.9. The number of thioether (sulfide) groups is 1. The Kier molecular flexibility index (Phi) is 7.88. The highest BCUT2D eigenvalue weighted by Gasteiger charge is 2.23. The Labute approximate surface area is 190 Å². The molecule has 0 spiro atoms. The fraction of sp³-hybridized carbons (Fsp3) is 0.261. The third-order valence-corrected chi connectivity index (χ3v) is 5.60. The third kappa shape index (κ3) is 5.88. The summed E-state index contributed by atoms with van der Waals surface area (Å²) in [5, 5.41) is 11.3. The highest BCUT2D eigenvalue weighted by molar-refractivity contribution is 8.00. The number of nitrogens with zero attached hydrogens (tertiary/aromatic N) is 3. The molecule has 2 unspecified atom stereocenters. The smallest absolute Gasteiger partial charge is 0.237 e. The van der Waals surface area contributed by atoms with E-state index in [9.17, 15) is 9.18 Å². The minimum atomic E-state index is -0.492. The van der Waals surface area contributed by atoms with Gasteiger partial charge in [0, 0.05) is 18.3 Å². The lowest BCUT2D eigenvalue weighted by Gasteiger charge is -2.17. The molecule has 32 heavy (non-hydrogen) atoms. The fourth-order valence-electron chi connectivity index (χ4n) is 2.94. The topological polar surface area (TPSA) is 78.3 Å². The molecule has 0 bridgehead atoms. The van der Waals surface area contributed by atoms with Crippen molar-refractivity contribution in [1.82, 2.24) is 14.8 Å². The summed E-state index contributed by atoms with van der Waals surface area (Å²) in [6.45, 7) is 7.88. The van der Waals surface area contributed by atoms with Crippen LogP contribution in [0, 0.1) is 5.82 Å². The molecule has 0 aliphatic heterocycles. The summed E-state index contributed by atoms with van der Waals surface area (Å²) in [6.07, 6.45) is 1.33. The number of hydrogen-bond donors (Lipinski definition) is 1. The molecule has 1 aromatic heterocycles. The molecule has 3 rings (SSSR count). The third-order valence-electron chi connectivity index (χ3n) is 4.52. The van der Waals surface area contributed by atoms with Gasteiger partial charge in [0.15, 0.2) is 17.1 Å². The quantitative estimate of drug-likeness (QED) is 0.346. The Morgan fingerprint density at radius 2 is 1.97 bits per heavy atom. The van der Waals surface area contributed by atoms with Crippen LogP contribution in [0.3, 0.4) is 0 Å². The molecule has 168 valence electrons. The van der Waals surface area contributed by atoms with Crippen LogP contribution < -0.4 is 14.8 Å². The number of benzene rings is 2. The summed E-state index contributed by atoms with van der Waals surface area (Å²) in [5.74, 6) is 1.26. The van der Waals surface area contributed by atoms with Crippen LogP contribution in [-0.4, -0.2) is 33.0 Å². The molecule has 7 nitrogen and oxygen atoms in total. The van der Waals surface area contributed by atoms with Crippen LogP contribution in [-0.2, 0) is 11.3 Å². The van der Waals surface area contributed by atoms with Gasteiger partial charge in [-0.1, -0.05) is 30.0 Å². The summed E-state index contributed by atoms with van der Waals surface area (Å²) < 4.78 is 26.5. The predicted molar refractivity (Wildman–Crippen MR) is 123 cm³/mol. The van der Waals surface area contributed by atoms with Gasteiger partial charge in [-0.15, -0.1) is 16.8 Å². The summed E-state index contributed by atoms with van der Waals surface area (Å²) in [4.78, 5) is 12.6. The number of nitrogens with one attached hydrogen (secondary N) is 1. The summed E-state index contributed by atoms with van der Waals surface area (Å²) in [7, 11) is 1.60. The second-order valence-corrected chi connectivity index (χ2v) is 8.25. The zero-order chi connectivity index (χ0) is 23.1. The van der Waals surface area contributed by atoms with E-state index in [1.807, 2.05) is 29.7 Å². The van der Waals surface area contributed by atoms with Crippen molar-refractivity contribution in [2.24, 2.45) is 0 Å². The maximum absolute atomic E-state index is 13.4. The number of rotatable bonds is 10. The number of carbonyl (C=O) groups is 1. The van der Waals surface area contributed by atoms with E-state index < -0.39 is 17.2 Å². The Balaban J connectivity index is 1.73. The van der Waals surface area contributed by atoms with Gasteiger partial charge in [-0.3, -0.25) is 9.36 Å². The minimum absolute atomic E-state index is 0.268. The van der Waals surface area contributed by atoms with Crippen LogP contribution in [0.4, 0.5) is 10.1 Å². The first kappa shape index (κ1) is 23.3. The second kappa shape index (κ2) is 10.8. The van der Waals surface area contributed by atoms with Crippen LogP contribution in [0.15, 0.2) is 66.3 Å².